The van der Waals surface area contributed by atoms with Gasteiger partial charge in [-0.2, -0.15) is 0 Å². The standard InChI is InChI=1S/C12H22F2N2/c1-15-8-5-11(12(13,14)10-15)9-16-6-3-2-4-7-16/h11H,2-10H2,1H3. The molecule has 16 heavy (non-hydrogen) atoms. The smallest absolute Gasteiger partial charge is 0.264 e. The maximum atomic E-state index is 13.8. The fraction of sp³-hybridized carbons (Fsp3) is 1.00. The summed E-state index contributed by atoms with van der Waals surface area (Å²) < 4.78 is 27.6. The van der Waals surface area contributed by atoms with E-state index in [4.69, 9.17) is 0 Å². The molecule has 4 heteroatoms. The number of nitrogens with zero attached hydrogens (tertiary/aromatic N) is 2. The Kier molecular flexibility index (Phi) is 3.80. The second-order valence-corrected chi connectivity index (χ2v) is 5.35. The van der Waals surface area contributed by atoms with Crippen LogP contribution in [0, 0.1) is 5.92 Å². The summed E-state index contributed by atoms with van der Waals surface area (Å²) in [6.45, 7) is 3.38. The maximum Gasteiger partial charge on any atom is 0.264 e. The van der Waals surface area contributed by atoms with Gasteiger partial charge in [0.05, 0.1) is 6.54 Å². The van der Waals surface area contributed by atoms with E-state index in [0.717, 1.165) is 19.6 Å². The van der Waals surface area contributed by atoms with Crippen molar-refractivity contribution in [3.8, 4) is 0 Å². The monoisotopic (exact) mass is 232 g/mol. The summed E-state index contributed by atoms with van der Waals surface area (Å²) in [6.07, 6.45) is 4.26. The van der Waals surface area contributed by atoms with Crippen LogP contribution in [-0.2, 0) is 0 Å². The quantitative estimate of drug-likeness (QED) is 0.719. The molecule has 94 valence electrons. The minimum absolute atomic E-state index is 0.0640. The average molecular weight is 232 g/mol. The van der Waals surface area contributed by atoms with Gasteiger partial charge >= 0.3 is 0 Å². The molecule has 0 aromatic carbocycles. The number of likely N-dealkylation sites (tertiary alicyclic amines) is 2. The van der Waals surface area contributed by atoms with Gasteiger partial charge in [-0.25, -0.2) is 8.78 Å². The Morgan fingerprint density at radius 1 is 1.12 bits per heavy atom. The topological polar surface area (TPSA) is 6.48 Å². The minimum atomic E-state index is -2.50. The molecule has 0 radical (unpaired) electrons. The summed E-state index contributed by atoms with van der Waals surface area (Å²) in [6, 6.07) is 0. The van der Waals surface area contributed by atoms with E-state index in [2.05, 4.69) is 4.90 Å². The molecule has 0 bridgehead atoms. The summed E-state index contributed by atoms with van der Waals surface area (Å²) in [5.41, 5.74) is 0. The second-order valence-electron chi connectivity index (χ2n) is 5.35. The Morgan fingerprint density at radius 2 is 1.81 bits per heavy atom. The lowest BCUT2D eigenvalue weighted by molar-refractivity contribution is -0.114. The third kappa shape index (κ3) is 2.92. The molecule has 2 aliphatic rings. The van der Waals surface area contributed by atoms with E-state index in [1.807, 2.05) is 0 Å². The van der Waals surface area contributed by atoms with E-state index in [1.165, 1.54) is 19.3 Å². The summed E-state index contributed by atoms with van der Waals surface area (Å²) in [4.78, 5) is 3.97. The molecule has 0 aromatic rings. The molecule has 0 saturated carbocycles. The van der Waals surface area contributed by atoms with Crippen molar-refractivity contribution in [3.05, 3.63) is 0 Å². The molecule has 2 heterocycles. The van der Waals surface area contributed by atoms with Crippen LogP contribution < -0.4 is 0 Å². The molecule has 0 spiro atoms. The van der Waals surface area contributed by atoms with Crippen molar-refractivity contribution in [2.24, 2.45) is 5.92 Å². The number of alkyl halides is 2. The highest BCUT2D eigenvalue weighted by molar-refractivity contribution is 4.87. The van der Waals surface area contributed by atoms with Gasteiger partial charge in [0.25, 0.3) is 5.92 Å². The van der Waals surface area contributed by atoms with Crippen molar-refractivity contribution in [3.63, 3.8) is 0 Å². The van der Waals surface area contributed by atoms with Gasteiger partial charge in [-0.05, 0) is 45.9 Å². The van der Waals surface area contributed by atoms with Crippen LogP contribution in [0.5, 0.6) is 0 Å². The minimum Gasteiger partial charge on any atom is -0.303 e. The Morgan fingerprint density at radius 3 is 2.44 bits per heavy atom. The fourth-order valence-corrected chi connectivity index (χ4v) is 2.83. The van der Waals surface area contributed by atoms with E-state index >= 15 is 0 Å². The SMILES string of the molecule is CN1CCC(CN2CCCCC2)C(F)(F)C1. The molecule has 0 aromatic heterocycles. The molecular formula is C12H22F2N2. The van der Waals surface area contributed by atoms with E-state index in [0.29, 0.717) is 13.0 Å². The van der Waals surface area contributed by atoms with Crippen molar-refractivity contribution in [1.82, 2.24) is 9.80 Å². The Bertz CT molecular complexity index is 227. The fourth-order valence-electron chi connectivity index (χ4n) is 2.83. The van der Waals surface area contributed by atoms with Crippen LogP contribution in [0.25, 0.3) is 0 Å². The summed E-state index contributed by atoms with van der Waals surface area (Å²) in [5, 5.41) is 0. The number of piperidine rings is 2. The molecule has 2 saturated heterocycles. The highest BCUT2D eigenvalue weighted by Crippen LogP contribution is 2.33. The number of hydrogen-bond acceptors (Lipinski definition) is 2. The van der Waals surface area contributed by atoms with Gasteiger partial charge in [-0.1, -0.05) is 6.42 Å². The van der Waals surface area contributed by atoms with Crippen LogP contribution in [0.4, 0.5) is 8.78 Å². The van der Waals surface area contributed by atoms with Crippen LogP contribution in [-0.4, -0.2) is 55.5 Å². The van der Waals surface area contributed by atoms with Gasteiger partial charge < -0.3 is 9.80 Å². The number of rotatable bonds is 2. The van der Waals surface area contributed by atoms with Crippen LogP contribution in [0.15, 0.2) is 0 Å². The van der Waals surface area contributed by atoms with Gasteiger partial charge in [0.1, 0.15) is 0 Å². The highest BCUT2D eigenvalue weighted by Gasteiger charge is 2.43. The van der Waals surface area contributed by atoms with Gasteiger partial charge in [-0.15, -0.1) is 0 Å². The maximum absolute atomic E-state index is 13.8. The Balaban J connectivity index is 1.87. The molecule has 1 atom stereocenters. The zero-order chi connectivity index (χ0) is 11.6. The van der Waals surface area contributed by atoms with Crippen LogP contribution in [0.1, 0.15) is 25.7 Å². The molecule has 1 unspecified atom stereocenters. The Labute approximate surface area is 96.6 Å². The van der Waals surface area contributed by atoms with E-state index in [9.17, 15) is 8.78 Å². The van der Waals surface area contributed by atoms with Crippen LogP contribution >= 0.6 is 0 Å². The molecule has 2 rings (SSSR count). The molecule has 0 N–H and O–H groups in total. The summed E-state index contributed by atoms with van der Waals surface area (Å²) >= 11 is 0. The first kappa shape index (κ1) is 12.2. The lowest BCUT2D eigenvalue weighted by atomic mass is 9.92. The van der Waals surface area contributed by atoms with E-state index in [1.54, 1.807) is 11.9 Å². The molecule has 2 aliphatic heterocycles. The van der Waals surface area contributed by atoms with Gasteiger partial charge in [-0.3, -0.25) is 0 Å². The second kappa shape index (κ2) is 4.96. The molecule has 0 aliphatic carbocycles. The summed E-state index contributed by atoms with van der Waals surface area (Å²) in [5.74, 6) is -2.92. The molecular weight excluding hydrogens is 210 g/mol. The summed E-state index contributed by atoms with van der Waals surface area (Å²) in [7, 11) is 1.78. The first-order valence-corrected chi connectivity index (χ1v) is 6.37. The predicted molar refractivity (Wildman–Crippen MR) is 60.8 cm³/mol. The zero-order valence-corrected chi connectivity index (χ0v) is 10.1. The largest absolute Gasteiger partial charge is 0.303 e. The van der Waals surface area contributed by atoms with Gasteiger partial charge in [0, 0.05) is 12.5 Å². The highest BCUT2D eigenvalue weighted by atomic mass is 19.3. The van der Waals surface area contributed by atoms with Crippen molar-refractivity contribution in [2.75, 3.05) is 39.8 Å². The predicted octanol–water partition coefficient (Wildman–Crippen LogP) is 2.06. The third-order valence-electron chi connectivity index (χ3n) is 3.86. The zero-order valence-electron chi connectivity index (χ0n) is 10.1. The van der Waals surface area contributed by atoms with Gasteiger partial charge in [0.15, 0.2) is 0 Å². The lowest BCUT2D eigenvalue weighted by Crippen LogP contribution is -2.51. The molecule has 2 nitrogen and oxygen atoms in total. The van der Waals surface area contributed by atoms with Crippen molar-refractivity contribution >= 4 is 0 Å². The lowest BCUT2D eigenvalue weighted by Gasteiger charge is -2.39. The number of halogens is 2. The van der Waals surface area contributed by atoms with E-state index in [-0.39, 0.29) is 6.54 Å². The average Bonchev–Trinajstić information content (AvgIpc) is 2.23. The van der Waals surface area contributed by atoms with Crippen molar-refractivity contribution in [1.29, 1.82) is 0 Å². The third-order valence-corrected chi connectivity index (χ3v) is 3.86. The molecule has 0 amide bonds. The first-order chi connectivity index (χ1) is 7.58. The van der Waals surface area contributed by atoms with Crippen molar-refractivity contribution < 1.29 is 8.78 Å². The van der Waals surface area contributed by atoms with Crippen LogP contribution in [0.2, 0.25) is 0 Å². The Hall–Kier alpha value is -0.220. The molecule has 2 fully saturated rings. The normalized spacial score (nSPS) is 32.8. The van der Waals surface area contributed by atoms with Gasteiger partial charge in [0.2, 0.25) is 0 Å². The number of hydrogen-bond donors (Lipinski definition) is 0. The van der Waals surface area contributed by atoms with E-state index < -0.39 is 11.8 Å². The van der Waals surface area contributed by atoms with Crippen molar-refractivity contribution in [2.45, 2.75) is 31.6 Å². The first-order valence-electron chi connectivity index (χ1n) is 6.37. The van der Waals surface area contributed by atoms with Crippen LogP contribution in [0.3, 0.4) is 0 Å².